The van der Waals surface area contributed by atoms with Gasteiger partial charge in [-0.15, -0.1) is 11.3 Å². The maximum Gasteiger partial charge on any atom is 0.251 e. The van der Waals surface area contributed by atoms with Crippen molar-refractivity contribution >= 4 is 34.2 Å². The van der Waals surface area contributed by atoms with Gasteiger partial charge in [0.1, 0.15) is 10.8 Å². The predicted molar refractivity (Wildman–Crippen MR) is 97.6 cm³/mol. The Labute approximate surface area is 145 Å². The van der Waals surface area contributed by atoms with E-state index in [-0.39, 0.29) is 5.91 Å². The summed E-state index contributed by atoms with van der Waals surface area (Å²) >= 11 is 1.34. The highest BCUT2D eigenvalue weighted by atomic mass is 32.1. The van der Waals surface area contributed by atoms with E-state index in [9.17, 15) is 9.59 Å². The van der Waals surface area contributed by atoms with Gasteiger partial charge in [0.05, 0.1) is 12.2 Å². The highest BCUT2D eigenvalue weighted by molar-refractivity contribution is 7.16. The maximum absolute atomic E-state index is 12.1. The number of rotatable bonds is 6. The van der Waals surface area contributed by atoms with Crippen molar-refractivity contribution < 1.29 is 14.3 Å². The van der Waals surface area contributed by atoms with Gasteiger partial charge in [-0.25, -0.2) is 0 Å². The quantitative estimate of drug-likeness (QED) is 0.787. The van der Waals surface area contributed by atoms with Crippen LogP contribution in [0.1, 0.15) is 33.3 Å². The highest BCUT2D eigenvalue weighted by Crippen LogP contribution is 2.32. The van der Waals surface area contributed by atoms with Crippen LogP contribution in [0.5, 0.6) is 5.75 Å². The number of nitrogens with one attached hydrogen (secondary N) is 1. The van der Waals surface area contributed by atoms with Crippen LogP contribution < -0.4 is 15.8 Å². The minimum atomic E-state index is -0.539. The fourth-order valence-electron chi connectivity index (χ4n) is 2.18. The van der Waals surface area contributed by atoms with E-state index >= 15 is 0 Å². The molecule has 0 saturated heterocycles. The summed E-state index contributed by atoms with van der Waals surface area (Å²) in [5.41, 5.74) is 7.45. The van der Waals surface area contributed by atoms with Crippen molar-refractivity contribution in [3.8, 4) is 5.75 Å². The molecule has 0 fully saturated rings. The molecule has 0 spiro atoms. The minimum Gasteiger partial charge on any atom is -0.494 e. The molecule has 6 heteroatoms. The summed E-state index contributed by atoms with van der Waals surface area (Å²) in [6, 6.07) is 7.42. The zero-order chi connectivity index (χ0) is 17.7. The molecule has 0 unspecified atom stereocenters. The van der Waals surface area contributed by atoms with Gasteiger partial charge < -0.3 is 15.8 Å². The van der Waals surface area contributed by atoms with Crippen LogP contribution in [0, 0.1) is 13.8 Å². The van der Waals surface area contributed by atoms with Crippen molar-refractivity contribution in [2.75, 3.05) is 11.9 Å². The number of hydrogen-bond donors (Lipinski definition) is 2. The molecule has 126 valence electrons. The molecular weight excluding hydrogens is 324 g/mol. The molecule has 1 heterocycles. The highest BCUT2D eigenvalue weighted by Gasteiger charge is 2.18. The first-order valence-corrected chi connectivity index (χ1v) is 8.35. The van der Waals surface area contributed by atoms with E-state index in [0.717, 1.165) is 21.8 Å². The summed E-state index contributed by atoms with van der Waals surface area (Å²) in [7, 11) is 0. The van der Waals surface area contributed by atoms with E-state index in [4.69, 9.17) is 10.5 Å². The Morgan fingerprint density at radius 1 is 1.25 bits per heavy atom. The number of anilines is 1. The van der Waals surface area contributed by atoms with Gasteiger partial charge in [0, 0.05) is 11.0 Å². The summed E-state index contributed by atoms with van der Waals surface area (Å²) in [6.07, 6.45) is 3.12. The molecular formula is C18H20N2O3S. The largest absolute Gasteiger partial charge is 0.494 e. The third-order valence-electron chi connectivity index (χ3n) is 3.49. The third kappa shape index (κ3) is 4.23. The van der Waals surface area contributed by atoms with Crippen LogP contribution >= 0.6 is 11.3 Å². The lowest BCUT2D eigenvalue weighted by atomic mass is 10.1. The molecule has 0 bridgehead atoms. The zero-order valence-electron chi connectivity index (χ0n) is 13.9. The molecule has 24 heavy (non-hydrogen) atoms. The lowest BCUT2D eigenvalue weighted by molar-refractivity contribution is -0.111. The van der Waals surface area contributed by atoms with Crippen molar-refractivity contribution in [2.45, 2.75) is 20.8 Å². The normalized spacial score (nSPS) is 10.8. The second-order valence-corrected chi connectivity index (χ2v) is 6.40. The molecule has 1 aromatic carbocycles. The molecule has 0 aliphatic heterocycles. The van der Waals surface area contributed by atoms with Gasteiger partial charge in [0.25, 0.3) is 5.91 Å². The minimum absolute atomic E-state index is 0.312. The first-order valence-electron chi connectivity index (χ1n) is 7.54. The average molecular weight is 344 g/mol. The average Bonchev–Trinajstić information content (AvgIpc) is 2.81. The Balaban J connectivity index is 2.08. The number of nitrogens with two attached hydrogens (primary N) is 1. The topological polar surface area (TPSA) is 81.4 Å². The van der Waals surface area contributed by atoms with E-state index in [1.165, 1.54) is 17.4 Å². The van der Waals surface area contributed by atoms with E-state index in [1.807, 2.05) is 45.0 Å². The molecule has 0 atom stereocenters. The number of amides is 2. The van der Waals surface area contributed by atoms with Gasteiger partial charge in [-0.2, -0.15) is 0 Å². The van der Waals surface area contributed by atoms with Crippen LogP contribution in [0.15, 0.2) is 30.3 Å². The van der Waals surface area contributed by atoms with E-state index < -0.39 is 5.91 Å². The summed E-state index contributed by atoms with van der Waals surface area (Å²) in [5, 5.41) is 3.21. The second kappa shape index (κ2) is 7.79. The number of aryl methyl sites for hydroxylation is 1. The standard InChI is InChI=1S/C18H20N2O3S/c1-4-23-14-8-5-13(6-9-14)7-10-15(21)20-18-16(17(19)22)11(2)12(3)24-18/h5-10H,4H2,1-3H3,(H2,19,22)(H,20,21)/b10-7+. The van der Waals surface area contributed by atoms with Crippen molar-refractivity contribution in [2.24, 2.45) is 5.73 Å². The Bertz CT molecular complexity index is 776. The summed E-state index contributed by atoms with van der Waals surface area (Å²) in [5.74, 6) is -0.0648. The molecule has 2 rings (SSSR count). The van der Waals surface area contributed by atoms with Gasteiger partial charge in [0.15, 0.2) is 0 Å². The van der Waals surface area contributed by atoms with Gasteiger partial charge in [-0.3, -0.25) is 9.59 Å². The zero-order valence-corrected chi connectivity index (χ0v) is 14.7. The first kappa shape index (κ1) is 17.7. The van der Waals surface area contributed by atoms with Gasteiger partial charge in [-0.1, -0.05) is 12.1 Å². The number of primary amides is 1. The van der Waals surface area contributed by atoms with Gasteiger partial charge in [0.2, 0.25) is 5.91 Å². The van der Waals surface area contributed by atoms with Gasteiger partial charge in [-0.05, 0) is 50.1 Å². The van der Waals surface area contributed by atoms with Crippen LogP contribution in [-0.4, -0.2) is 18.4 Å². The van der Waals surface area contributed by atoms with Crippen LogP contribution in [0.4, 0.5) is 5.00 Å². The number of benzene rings is 1. The van der Waals surface area contributed by atoms with Crippen LogP contribution in [0.25, 0.3) is 6.08 Å². The molecule has 0 saturated carbocycles. The van der Waals surface area contributed by atoms with Crippen molar-refractivity contribution in [1.82, 2.24) is 0 Å². The van der Waals surface area contributed by atoms with Crippen LogP contribution in [0.3, 0.4) is 0 Å². The SMILES string of the molecule is CCOc1ccc(/C=C/C(=O)Nc2sc(C)c(C)c2C(N)=O)cc1. The lowest BCUT2D eigenvalue weighted by Gasteiger charge is -2.03. The summed E-state index contributed by atoms with van der Waals surface area (Å²) < 4.78 is 5.37. The molecule has 0 aliphatic rings. The van der Waals surface area contributed by atoms with E-state index in [1.54, 1.807) is 6.08 Å². The number of carbonyl (C=O) groups is 2. The van der Waals surface area contributed by atoms with Crippen molar-refractivity contribution in [3.63, 3.8) is 0 Å². The van der Waals surface area contributed by atoms with Crippen LogP contribution in [0.2, 0.25) is 0 Å². The maximum atomic E-state index is 12.1. The van der Waals surface area contributed by atoms with Gasteiger partial charge >= 0.3 is 0 Å². The lowest BCUT2D eigenvalue weighted by Crippen LogP contribution is -2.16. The molecule has 0 radical (unpaired) electrons. The fourth-order valence-corrected chi connectivity index (χ4v) is 3.25. The second-order valence-electron chi connectivity index (χ2n) is 5.18. The Kier molecular flexibility index (Phi) is 5.76. The Morgan fingerprint density at radius 3 is 2.50 bits per heavy atom. The molecule has 3 N–H and O–H groups in total. The Morgan fingerprint density at radius 2 is 1.92 bits per heavy atom. The third-order valence-corrected chi connectivity index (χ3v) is 4.61. The molecule has 0 aliphatic carbocycles. The first-order chi connectivity index (χ1) is 11.4. The predicted octanol–water partition coefficient (Wildman–Crippen LogP) is 3.51. The van der Waals surface area contributed by atoms with Crippen LogP contribution in [-0.2, 0) is 4.79 Å². The molecule has 2 aromatic rings. The molecule has 2 amide bonds. The fraction of sp³-hybridized carbons (Fsp3) is 0.222. The number of carbonyl (C=O) groups excluding carboxylic acids is 2. The number of hydrogen-bond acceptors (Lipinski definition) is 4. The molecule has 5 nitrogen and oxygen atoms in total. The monoisotopic (exact) mass is 344 g/mol. The van der Waals surface area contributed by atoms with Crippen molar-refractivity contribution in [1.29, 1.82) is 0 Å². The van der Waals surface area contributed by atoms with E-state index in [0.29, 0.717) is 17.2 Å². The Hall–Kier alpha value is -2.60. The smallest absolute Gasteiger partial charge is 0.251 e. The number of thiophene rings is 1. The summed E-state index contributed by atoms with van der Waals surface area (Å²) in [4.78, 5) is 24.6. The summed E-state index contributed by atoms with van der Waals surface area (Å²) in [6.45, 7) is 6.24. The van der Waals surface area contributed by atoms with Crippen molar-refractivity contribution in [3.05, 3.63) is 51.9 Å². The number of ether oxygens (including phenoxy) is 1. The van der Waals surface area contributed by atoms with E-state index in [2.05, 4.69) is 5.32 Å². The molecule has 1 aromatic heterocycles.